The van der Waals surface area contributed by atoms with Crippen LogP contribution >= 0.6 is 22.6 Å². The second-order valence-corrected chi connectivity index (χ2v) is 5.97. The van der Waals surface area contributed by atoms with E-state index in [1.54, 1.807) is 0 Å². The van der Waals surface area contributed by atoms with Gasteiger partial charge in [-0.25, -0.2) is 0 Å². The molecular formula is C12H20INO2. The minimum Gasteiger partial charge on any atom is -0.454 e. The maximum absolute atomic E-state index is 10.1. The Hall–Kier alpha value is -0.0700. The van der Waals surface area contributed by atoms with E-state index in [2.05, 4.69) is 41.8 Å². The van der Waals surface area contributed by atoms with Gasteiger partial charge in [-0.05, 0) is 54.0 Å². The molecule has 3 nitrogen and oxygen atoms in total. The topological polar surface area (TPSA) is 45.4 Å². The van der Waals surface area contributed by atoms with Gasteiger partial charge >= 0.3 is 0 Å². The zero-order valence-corrected chi connectivity index (χ0v) is 12.2. The Morgan fingerprint density at radius 2 is 2.19 bits per heavy atom. The van der Waals surface area contributed by atoms with Crippen LogP contribution in [-0.4, -0.2) is 17.3 Å². The number of furan rings is 1. The Bertz CT molecular complexity index is 321. The molecule has 1 aromatic rings. The summed E-state index contributed by atoms with van der Waals surface area (Å²) < 4.78 is 6.31. The lowest BCUT2D eigenvalue weighted by Crippen LogP contribution is -2.38. The Labute approximate surface area is 111 Å². The summed E-state index contributed by atoms with van der Waals surface area (Å²) in [6.45, 7) is 7.35. The first-order valence-electron chi connectivity index (χ1n) is 5.56. The van der Waals surface area contributed by atoms with Crippen molar-refractivity contribution in [1.29, 1.82) is 0 Å². The lowest BCUT2D eigenvalue weighted by molar-refractivity contribution is 0.0379. The average molecular weight is 337 g/mol. The molecule has 0 saturated carbocycles. The molecule has 1 aromatic heterocycles. The Morgan fingerprint density at radius 3 is 2.69 bits per heavy atom. The van der Waals surface area contributed by atoms with Gasteiger partial charge in [-0.2, -0.15) is 0 Å². The molecule has 0 aliphatic carbocycles. The van der Waals surface area contributed by atoms with Crippen molar-refractivity contribution < 1.29 is 9.52 Å². The van der Waals surface area contributed by atoms with Crippen LogP contribution in [0.4, 0.5) is 0 Å². The molecule has 1 atom stereocenters. The van der Waals surface area contributed by atoms with Crippen molar-refractivity contribution in [2.75, 3.05) is 6.54 Å². The first kappa shape index (κ1) is 14.0. The van der Waals surface area contributed by atoms with E-state index >= 15 is 0 Å². The molecule has 0 fully saturated rings. The molecule has 0 bridgehead atoms. The highest BCUT2D eigenvalue weighted by atomic mass is 127. The lowest BCUT2D eigenvalue weighted by atomic mass is 9.94. The summed E-state index contributed by atoms with van der Waals surface area (Å²) in [6.07, 6.45) is 0.801. The molecule has 0 aliphatic rings. The van der Waals surface area contributed by atoms with E-state index in [0.717, 1.165) is 15.9 Å². The maximum atomic E-state index is 10.1. The normalized spacial score (nSPS) is 15.4. The van der Waals surface area contributed by atoms with Gasteiger partial charge in [0.2, 0.25) is 0 Å². The zero-order chi connectivity index (χ0) is 12.2. The molecule has 1 rings (SSSR count). The Morgan fingerprint density at radius 1 is 1.50 bits per heavy atom. The van der Waals surface area contributed by atoms with Gasteiger partial charge in [0, 0.05) is 6.54 Å². The maximum Gasteiger partial charge on any atom is 0.164 e. The smallest absolute Gasteiger partial charge is 0.164 e. The zero-order valence-electron chi connectivity index (χ0n) is 10.1. The number of halogens is 1. The van der Waals surface area contributed by atoms with Gasteiger partial charge in [0.25, 0.3) is 0 Å². The highest BCUT2D eigenvalue weighted by molar-refractivity contribution is 14.1. The third-order valence-corrected chi connectivity index (χ3v) is 2.86. The van der Waals surface area contributed by atoms with E-state index in [1.807, 2.05) is 19.1 Å². The predicted octanol–water partition coefficient (Wildman–Crippen LogP) is 2.77. The molecule has 0 saturated heterocycles. The van der Waals surface area contributed by atoms with Gasteiger partial charge in [-0.1, -0.05) is 13.8 Å². The largest absolute Gasteiger partial charge is 0.454 e. The quantitative estimate of drug-likeness (QED) is 0.785. The van der Waals surface area contributed by atoms with Crippen LogP contribution in [0, 0.1) is 9.68 Å². The number of hydrogen-bond donors (Lipinski definition) is 2. The van der Waals surface area contributed by atoms with E-state index in [1.165, 1.54) is 0 Å². The van der Waals surface area contributed by atoms with E-state index in [-0.39, 0.29) is 0 Å². The van der Waals surface area contributed by atoms with E-state index in [4.69, 9.17) is 4.42 Å². The van der Waals surface area contributed by atoms with Crippen LogP contribution in [0.1, 0.15) is 33.0 Å². The third-order valence-electron chi connectivity index (χ3n) is 2.28. The molecule has 0 spiro atoms. The van der Waals surface area contributed by atoms with Crippen LogP contribution in [0.15, 0.2) is 16.5 Å². The molecule has 4 heteroatoms. The summed E-state index contributed by atoms with van der Waals surface area (Å²) in [5, 5.41) is 13.3. The molecule has 0 aliphatic heterocycles. The Balaban J connectivity index is 2.29. The van der Waals surface area contributed by atoms with Gasteiger partial charge in [-0.3, -0.25) is 0 Å². The molecule has 0 aromatic carbocycles. The Kier molecular flexibility index (Phi) is 5.27. The van der Waals surface area contributed by atoms with Crippen molar-refractivity contribution in [3.8, 4) is 0 Å². The molecule has 16 heavy (non-hydrogen) atoms. The van der Waals surface area contributed by atoms with Gasteiger partial charge in [-0.15, -0.1) is 0 Å². The van der Waals surface area contributed by atoms with E-state index < -0.39 is 5.60 Å². The van der Waals surface area contributed by atoms with Gasteiger partial charge < -0.3 is 14.8 Å². The summed E-state index contributed by atoms with van der Waals surface area (Å²) in [7, 11) is 0. The average Bonchev–Trinajstić information content (AvgIpc) is 2.48. The standard InChI is InChI=1S/C12H20INO2/c1-9(2)6-12(3,15)8-14-7-10-4-5-11(13)16-10/h4-5,9,14-15H,6-8H2,1-3H3. The highest BCUT2D eigenvalue weighted by Gasteiger charge is 2.21. The molecule has 92 valence electrons. The molecule has 0 amide bonds. The SMILES string of the molecule is CC(C)CC(C)(O)CNCc1ccc(I)o1. The first-order valence-corrected chi connectivity index (χ1v) is 6.64. The molecule has 2 N–H and O–H groups in total. The van der Waals surface area contributed by atoms with Crippen LogP contribution < -0.4 is 5.32 Å². The number of hydrogen-bond acceptors (Lipinski definition) is 3. The van der Waals surface area contributed by atoms with Crippen LogP contribution in [0.2, 0.25) is 0 Å². The summed E-state index contributed by atoms with van der Waals surface area (Å²) in [4.78, 5) is 0. The van der Waals surface area contributed by atoms with Crippen molar-refractivity contribution in [2.24, 2.45) is 5.92 Å². The molecule has 1 heterocycles. The first-order chi connectivity index (χ1) is 7.39. The monoisotopic (exact) mass is 337 g/mol. The van der Waals surface area contributed by atoms with Crippen molar-refractivity contribution >= 4 is 22.6 Å². The summed E-state index contributed by atoms with van der Waals surface area (Å²) in [5.74, 6) is 1.41. The van der Waals surface area contributed by atoms with Crippen molar-refractivity contribution in [2.45, 2.75) is 39.3 Å². The van der Waals surface area contributed by atoms with E-state index in [9.17, 15) is 5.11 Å². The number of nitrogens with one attached hydrogen (secondary N) is 1. The molecule has 0 radical (unpaired) electrons. The van der Waals surface area contributed by atoms with Gasteiger partial charge in [0.05, 0.1) is 12.1 Å². The third kappa shape index (κ3) is 5.32. The predicted molar refractivity (Wildman–Crippen MR) is 73.2 cm³/mol. The van der Waals surface area contributed by atoms with Gasteiger partial charge in [0.1, 0.15) is 5.76 Å². The second kappa shape index (κ2) is 6.02. The summed E-state index contributed by atoms with van der Waals surface area (Å²) in [6, 6.07) is 3.88. The summed E-state index contributed by atoms with van der Waals surface area (Å²) in [5.41, 5.74) is -0.645. The lowest BCUT2D eigenvalue weighted by Gasteiger charge is -2.25. The highest BCUT2D eigenvalue weighted by Crippen LogP contribution is 2.15. The fourth-order valence-corrected chi connectivity index (χ4v) is 2.32. The minimum absolute atomic E-state index is 0.501. The second-order valence-electron chi connectivity index (χ2n) is 4.90. The van der Waals surface area contributed by atoms with E-state index in [0.29, 0.717) is 19.0 Å². The number of aliphatic hydroxyl groups is 1. The minimum atomic E-state index is -0.645. The van der Waals surface area contributed by atoms with Crippen LogP contribution in [0.25, 0.3) is 0 Å². The fourth-order valence-electron chi connectivity index (χ4n) is 1.85. The van der Waals surface area contributed by atoms with Crippen molar-refractivity contribution in [3.05, 3.63) is 21.7 Å². The van der Waals surface area contributed by atoms with Crippen molar-refractivity contribution in [1.82, 2.24) is 5.32 Å². The summed E-state index contributed by atoms with van der Waals surface area (Å²) >= 11 is 2.14. The number of rotatable bonds is 6. The van der Waals surface area contributed by atoms with Crippen LogP contribution in [0.3, 0.4) is 0 Å². The van der Waals surface area contributed by atoms with Crippen LogP contribution in [0.5, 0.6) is 0 Å². The molecular weight excluding hydrogens is 317 g/mol. The van der Waals surface area contributed by atoms with Crippen molar-refractivity contribution in [3.63, 3.8) is 0 Å². The fraction of sp³-hybridized carbons (Fsp3) is 0.667. The van der Waals surface area contributed by atoms with Gasteiger partial charge in [0.15, 0.2) is 3.77 Å². The van der Waals surface area contributed by atoms with Crippen LogP contribution in [-0.2, 0) is 6.54 Å². The molecule has 1 unspecified atom stereocenters.